The molecule has 6 heteroatoms. The van der Waals surface area contributed by atoms with E-state index in [-0.39, 0.29) is 5.91 Å². The van der Waals surface area contributed by atoms with Crippen LogP contribution in [0.15, 0.2) is 36.7 Å². The Bertz CT molecular complexity index is 835. The average molecular weight is 395 g/mol. The van der Waals surface area contributed by atoms with Crippen molar-refractivity contribution < 1.29 is 9.53 Å². The van der Waals surface area contributed by atoms with Crippen LogP contribution in [0.1, 0.15) is 43.7 Å². The molecule has 2 aliphatic heterocycles. The molecule has 0 radical (unpaired) electrons. The zero-order valence-electron chi connectivity index (χ0n) is 17.2. The van der Waals surface area contributed by atoms with Crippen LogP contribution in [0.25, 0.3) is 11.3 Å². The van der Waals surface area contributed by atoms with E-state index < -0.39 is 0 Å². The Morgan fingerprint density at radius 3 is 2.83 bits per heavy atom. The second-order valence-electron chi connectivity index (χ2n) is 8.08. The van der Waals surface area contributed by atoms with E-state index in [0.29, 0.717) is 12.5 Å². The van der Waals surface area contributed by atoms with Crippen LogP contribution < -0.4 is 4.74 Å². The molecule has 1 amide bonds. The molecule has 2 aromatic rings. The molecule has 2 fully saturated rings. The molecule has 0 unspecified atom stereocenters. The van der Waals surface area contributed by atoms with Gasteiger partial charge >= 0.3 is 0 Å². The maximum absolute atomic E-state index is 12.7. The minimum Gasteiger partial charge on any atom is -0.497 e. The first-order valence-electron chi connectivity index (χ1n) is 10.7. The second kappa shape index (κ2) is 9.35. The van der Waals surface area contributed by atoms with Crippen molar-refractivity contribution in [1.29, 1.82) is 0 Å². The Balaban J connectivity index is 1.43. The Morgan fingerprint density at radius 2 is 2.00 bits per heavy atom. The van der Waals surface area contributed by atoms with Gasteiger partial charge < -0.3 is 9.64 Å². The molecular formula is C23H30N4O2. The number of likely N-dealkylation sites (tertiary alicyclic amines) is 2. The first-order valence-corrected chi connectivity index (χ1v) is 10.7. The zero-order valence-corrected chi connectivity index (χ0v) is 17.2. The van der Waals surface area contributed by atoms with Crippen molar-refractivity contribution in [1.82, 2.24) is 19.8 Å². The molecule has 0 saturated carbocycles. The van der Waals surface area contributed by atoms with Crippen molar-refractivity contribution in [3.05, 3.63) is 42.4 Å². The second-order valence-corrected chi connectivity index (χ2v) is 8.08. The number of piperidine rings is 2. The summed E-state index contributed by atoms with van der Waals surface area (Å²) in [6.45, 7) is 4.22. The van der Waals surface area contributed by atoms with E-state index >= 15 is 0 Å². The number of rotatable bonds is 5. The summed E-state index contributed by atoms with van der Waals surface area (Å²) in [6, 6.07) is 7.91. The van der Waals surface area contributed by atoms with Gasteiger partial charge in [-0.05, 0) is 50.8 Å². The first kappa shape index (κ1) is 19.8. The van der Waals surface area contributed by atoms with Crippen LogP contribution in [0, 0.1) is 0 Å². The predicted molar refractivity (Wildman–Crippen MR) is 113 cm³/mol. The van der Waals surface area contributed by atoms with E-state index in [2.05, 4.69) is 9.88 Å². The molecule has 2 aliphatic rings. The van der Waals surface area contributed by atoms with Crippen LogP contribution in [0.2, 0.25) is 0 Å². The highest BCUT2D eigenvalue weighted by Crippen LogP contribution is 2.28. The Kier molecular flexibility index (Phi) is 6.39. The number of nitrogens with zero attached hydrogens (tertiary/aromatic N) is 4. The summed E-state index contributed by atoms with van der Waals surface area (Å²) >= 11 is 0. The van der Waals surface area contributed by atoms with Gasteiger partial charge in [0.1, 0.15) is 5.75 Å². The van der Waals surface area contributed by atoms with Crippen LogP contribution in [0.3, 0.4) is 0 Å². The van der Waals surface area contributed by atoms with E-state index in [1.807, 2.05) is 35.4 Å². The van der Waals surface area contributed by atoms with Gasteiger partial charge in [0.15, 0.2) is 0 Å². The molecule has 0 spiro atoms. The number of hydrogen-bond donors (Lipinski definition) is 0. The van der Waals surface area contributed by atoms with Crippen molar-refractivity contribution in [2.45, 2.75) is 38.0 Å². The van der Waals surface area contributed by atoms with E-state index in [9.17, 15) is 4.79 Å². The minimum atomic E-state index is 0.279. The third kappa shape index (κ3) is 4.93. The van der Waals surface area contributed by atoms with Crippen molar-refractivity contribution in [3.8, 4) is 17.0 Å². The normalized spacial score (nSPS) is 20.4. The topological polar surface area (TPSA) is 58.6 Å². The van der Waals surface area contributed by atoms with Crippen LogP contribution in [-0.4, -0.2) is 65.5 Å². The van der Waals surface area contributed by atoms with Gasteiger partial charge in [-0.2, -0.15) is 0 Å². The van der Waals surface area contributed by atoms with E-state index in [4.69, 9.17) is 9.72 Å². The molecule has 1 aromatic heterocycles. The van der Waals surface area contributed by atoms with Crippen LogP contribution >= 0.6 is 0 Å². The monoisotopic (exact) mass is 394 g/mol. The van der Waals surface area contributed by atoms with Gasteiger partial charge in [-0.3, -0.25) is 14.7 Å². The van der Waals surface area contributed by atoms with Crippen molar-refractivity contribution >= 4 is 5.91 Å². The molecule has 0 aliphatic carbocycles. The number of aromatic nitrogens is 2. The van der Waals surface area contributed by atoms with Gasteiger partial charge in [0.2, 0.25) is 5.91 Å². The van der Waals surface area contributed by atoms with Gasteiger partial charge in [-0.15, -0.1) is 0 Å². The number of hydrogen-bond acceptors (Lipinski definition) is 5. The number of carbonyl (C=O) groups is 1. The molecule has 154 valence electrons. The van der Waals surface area contributed by atoms with E-state index in [1.54, 1.807) is 13.3 Å². The van der Waals surface area contributed by atoms with Crippen molar-refractivity contribution in [2.75, 3.05) is 39.8 Å². The summed E-state index contributed by atoms with van der Waals surface area (Å²) < 4.78 is 5.33. The lowest BCUT2D eigenvalue weighted by Gasteiger charge is -2.34. The Hall–Kier alpha value is -2.47. The van der Waals surface area contributed by atoms with E-state index in [1.165, 1.54) is 6.42 Å². The fraction of sp³-hybridized carbons (Fsp3) is 0.522. The summed E-state index contributed by atoms with van der Waals surface area (Å²) in [6.07, 6.45) is 9.39. The van der Waals surface area contributed by atoms with Crippen molar-refractivity contribution in [2.24, 2.45) is 0 Å². The summed E-state index contributed by atoms with van der Waals surface area (Å²) in [5.74, 6) is 1.41. The third-order valence-electron chi connectivity index (χ3n) is 6.01. The molecule has 0 bridgehead atoms. The lowest BCUT2D eigenvalue weighted by molar-refractivity contribution is -0.133. The van der Waals surface area contributed by atoms with Gasteiger partial charge in [-0.25, -0.2) is 4.98 Å². The molecule has 6 nitrogen and oxygen atoms in total. The summed E-state index contributed by atoms with van der Waals surface area (Å²) in [7, 11) is 1.67. The van der Waals surface area contributed by atoms with Crippen LogP contribution in [-0.2, 0) is 4.79 Å². The average Bonchev–Trinajstić information content (AvgIpc) is 2.80. The van der Waals surface area contributed by atoms with Crippen LogP contribution in [0.4, 0.5) is 0 Å². The Morgan fingerprint density at radius 1 is 1.14 bits per heavy atom. The lowest BCUT2D eigenvalue weighted by Crippen LogP contribution is -2.45. The highest BCUT2D eigenvalue weighted by molar-refractivity contribution is 5.78. The first-order chi connectivity index (χ1) is 14.2. The fourth-order valence-corrected chi connectivity index (χ4v) is 4.37. The molecular weight excluding hydrogens is 364 g/mol. The summed E-state index contributed by atoms with van der Waals surface area (Å²) in [4.78, 5) is 26.3. The predicted octanol–water partition coefficient (Wildman–Crippen LogP) is 3.34. The smallest absolute Gasteiger partial charge is 0.236 e. The van der Waals surface area contributed by atoms with Gasteiger partial charge in [0.25, 0.3) is 0 Å². The Labute approximate surface area is 172 Å². The SMILES string of the molecule is COc1cccc(-c2cncc([C@H]3CCCN(CC(=O)N4CCCCC4)C3)n2)c1. The van der Waals surface area contributed by atoms with Crippen LogP contribution in [0.5, 0.6) is 5.75 Å². The lowest BCUT2D eigenvalue weighted by atomic mass is 9.94. The molecule has 4 rings (SSSR count). The minimum absolute atomic E-state index is 0.279. The molecule has 1 aromatic carbocycles. The maximum Gasteiger partial charge on any atom is 0.236 e. The standard InChI is InChI=1S/C23H30N4O2/c1-29-20-9-5-7-18(13-20)21-14-24-15-22(25-21)19-8-6-10-26(16-19)17-23(28)27-11-3-2-4-12-27/h5,7,9,13-15,19H,2-4,6,8,10-12,16-17H2,1H3/t19-/m0/s1. The van der Waals surface area contributed by atoms with Gasteiger partial charge in [-0.1, -0.05) is 12.1 Å². The van der Waals surface area contributed by atoms with Gasteiger partial charge in [0.05, 0.1) is 31.2 Å². The molecule has 3 heterocycles. The van der Waals surface area contributed by atoms with Gasteiger partial charge in [0, 0.05) is 37.3 Å². The maximum atomic E-state index is 12.7. The summed E-state index contributed by atoms with van der Waals surface area (Å²) in [5, 5.41) is 0. The number of benzene rings is 1. The number of ether oxygens (including phenoxy) is 1. The number of carbonyl (C=O) groups excluding carboxylic acids is 1. The number of amides is 1. The number of methoxy groups -OCH3 is 1. The zero-order chi connectivity index (χ0) is 20.1. The molecule has 1 atom stereocenters. The quantitative estimate of drug-likeness (QED) is 0.778. The fourth-order valence-electron chi connectivity index (χ4n) is 4.37. The van der Waals surface area contributed by atoms with Crippen molar-refractivity contribution in [3.63, 3.8) is 0 Å². The molecule has 0 N–H and O–H groups in total. The largest absolute Gasteiger partial charge is 0.497 e. The molecule has 29 heavy (non-hydrogen) atoms. The third-order valence-corrected chi connectivity index (χ3v) is 6.01. The van der Waals surface area contributed by atoms with E-state index in [0.717, 1.165) is 74.6 Å². The highest BCUT2D eigenvalue weighted by Gasteiger charge is 2.26. The molecule has 2 saturated heterocycles. The highest BCUT2D eigenvalue weighted by atomic mass is 16.5. The summed E-state index contributed by atoms with van der Waals surface area (Å²) in [5.41, 5.74) is 2.88.